The van der Waals surface area contributed by atoms with Gasteiger partial charge in [0, 0.05) is 6.42 Å². The molecule has 0 saturated carbocycles. The third-order valence-corrected chi connectivity index (χ3v) is 2.55. The van der Waals surface area contributed by atoms with Crippen molar-refractivity contribution >= 4 is 0 Å². The lowest BCUT2D eigenvalue weighted by Gasteiger charge is -2.05. The van der Waals surface area contributed by atoms with Crippen LogP contribution in [0.1, 0.15) is 11.5 Å². The Balaban J connectivity index is 1.89. The van der Waals surface area contributed by atoms with Crippen molar-refractivity contribution in [2.75, 3.05) is 13.7 Å². The minimum atomic E-state index is 0.414. The number of rotatable bonds is 6. The van der Waals surface area contributed by atoms with Gasteiger partial charge in [-0.2, -0.15) is 0 Å². The highest BCUT2D eigenvalue weighted by molar-refractivity contribution is 5.31. The maximum atomic E-state index is 5.60. The molecule has 0 aliphatic rings. The molecule has 4 nitrogen and oxygen atoms in total. The second kappa shape index (κ2) is 6.12. The molecule has 0 amide bonds. The Hall–Kier alpha value is -1.94. The predicted octanol–water partition coefficient (Wildman–Crippen LogP) is 2.37. The predicted molar refractivity (Wildman–Crippen MR) is 68.8 cm³/mol. The fourth-order valence-electron chi connectivity index (χ4n) is 1.60. The summed E-state index contributed by atoms with van der Waals surface area (Å²) >= 11 is 0. The number of methoxy groups -OCH3 is 1. The van der Waals surface area contributed by atoms with Gasteiger partial charge in [-0.05, 0) is 42.9 Å². The quantitative estimate of drug-likeness (QED) is 0.851. The minimum absolute atomic E-state index is 0.414. The Morgan fingerprint density at radius 3 is 2.33 bits per heavy atom. The lowest BCUT2D eigenvalue weighted by molar-refractivity contribution is 0.266. The normalized spacial score (nSPS) is 10.3. The van der Waals surface area contributed by atoms with Crippen molar-refractivity contribution in [3.05, 3.63) is 47.9 Å². The Bertz CT molecular complexity index is 476. The van der Waals surface area contributed by atoms with E-state index in [4.69, 9.17) is 19.6 Å². The van der Waals surface area contributed by atoms with Gasteiger partial charge >= 0.3 is 0 Å². The first kappa shape index (κ1) is 12.5. The van der Waals surface area contributed by atoms with E-state index in [1.54, 1.807) is 7.11 Å². The van der Waals surface area contributed by atoms with E-state index >= 15 is 0 Å². The highest BCUT2D eigenvalue weighted by Gasteiger charge is 2.02. The van der Waals surface area contributed by atoms with Crippen LogP contribution in [0.4, 0.5) is 0 Å². The van der Waals surface area contributed by atoms with Crippen molar-refractivity contribution < 1.29 is 13.9 Å². The number of ether oxygens (including phenoxy) is 2. The second-order valence-corrected chi connectivity index (χ2v) is 3.87. The van der Waals surface area contributed by atoms with E-state index in [0.717, 1.165) is 29.4 Å². The average molecular weight is 247 g/mol. The molecule has 96 valence electrons. The van der Waals surface area contributed by atoms with E-state index in [-0.39, 0.29) is 0 Å². The third-order valence-electron chi connectivity index (χ3n) is 2.55. The fraction of sp³-hybridized carbons (Fsp3) is 0.286. The Morgan fingerprint density at radius 1 is 1.00 bits per heavy atom. The number of furan rings is 1. The molecule has 0 aliphatic carbocycles. The number of nitrogens with two attached hydrogens (primary N) is 1. The van der Waals surface area contributed by atoms with Gasteiger partial charge in [0.2, 0.25) is 0 Å². The first-order valence-corrected chi connectivity index (χ1v) is 5.86. The van der Waals surface area contributed by atoms with Crippen LogP contribution >= 0.6 is 0 Å². The van der Waals surface area contributed by atoms with Crippen LogP contribution in [0, 0.1) is 0 Å². The second-order valence-electron chi connectivity index (χ2n) is 3.87. The lowest BCUT2D eigenvalue weighted by atomic mass is 10.3. The maximum absolute atomic E-state index is 5.60. The molecule has 0 fully saturated rings. The summed E-state index contributed by atoms with van der Waals surface area (Å²) in [6.07, 6.45) is 0.753. The Morgan fingerprint density at radius 2 is 1.67 bits per heavy atom. The van der Waals surface area contributed by atoms with E-state index in [0.29, 0.717) is 13.2 Å². The zero-order chi connectivity index (χ0) is 12.8. The number of hydrogen-bond acceptors (Lipinski definition) is 4. The van der Waals surface area contributed by atoms with Crippen LogP contribution in [0.5, 0.6) is 11.5 Å². The number of benzene rings is 1. The molecule has 0 aliphatic heterocycles. The van der Waals surface area contributed by atoms with Crippen LogP contribution in [-0.4, -0.2) is 13.7 Å². The van der Waals surface area contributed by atoms with Gasteiger partial charge in [0.15, 0.2) is 0 Å². The van der Waals surface area contributed by atoms with Crippen LogP contribution in [0.25, 0.3) is 0 Å². The van der Waals surface area contributed by atoms with Gasteiger partial charge in [-0.3, -0.25) is 0 Å². The van der Waals surface area contributed by atoms with Crippen LogP contribution in [0.15, 0.2) is 40.8 Å². The van der Waals surface area contributed by atoms with Crippen molar-refractivity contribution in [3.63, 3.8) is 0 Å². The van der Waals surface area contributed by atoms with Gasteiger partial charge in [-0.1, -0.05) is 0 Å². The molecule has 0 bridgehead atoms. The molecule has 1 heterocycles. The molecule has 0 saturated heterocycles. The Labute approximate surface area is 106 Å². The minimum Gasteiger partial charge on any atom is -0.497 e. The molecule has 0 radical (unpaired) electrons. The van der Waals surface area contributed by atoms with E-state index in [1.165, 1.54) is 0 Å². The zero-order valence-corrected chi connectivity index (χ0v) is 10.4. The van der Waals surface area contributed by atoms with E-state index in [9.17, 15) is 0 Å². The molecule has 4 heteroatoms. The first-order valence-electron chi connectivity index (χ1n) is 5.86. The first-order chi connectivity index (χ1) is 8.81. The molecule has 1 aromatic carbocycles. The van der Waals surface area contributed by atoms with Gasteiger partial charge in [0.1, 0.15) is 29.6 Å². The summed E-state index contributed by atoms with van der Waals surface area (Å²) in [6, 6.07) is 11.3. The fourth-order valence-corrected chi connectivity index (χ4v) is 1.60. The van der Waals surface area contributed by atoms with Crippen molar-refractivity contribution in [1.82, 2.24) is 0 Å². The molecule has 1 aromatic heterocycles. The molecule has 2 rings (SSSR count). The summed E-state index contributed by atoms with van der Waals surface area (Å²) in [7, 11) is 1.64. The van der Waals surface area contributed by atoms with Gasteiger partial charge in [-0.25, -0.2) is 0 Å². The molecule has 2 N–H and O–H groups in total. The Kier molecular flexibility index (Phi) is 4.25. The summed E-state index contributed by atoms with van der Waals surface area (Å²) in [6.45, 7) is 1.00. The molecule has 0 atom stereocenters. The van der Waals surface area contributed by atoms with Crippen LogP contribution in [0.3, 0.4) is 0 Å². The maximum Gasteiger partial charge on any atom is 0.146 e. The average Bonchev–Trinajstić information content (AvgIpc) is 2.85. The largest absolute Gasteiger partial charge is 0.497 e. The SMILES string of the molecule is COc1ccc(OCc2ccc(CCN)o2)cc1. The number of hydrogen-bond donors (Lipinski definition) is 1. The van der Waals surface area contributed by atoms with E-state index in [1.807, 2.05) is 36.4 Å². The smallest absolute Gasteiger partial charge is 0.146 e. The third kappa shape index (κ3) is 3.28. The van der Waals surface area contributed by atoms with Crippen LogP contribution < -0.4 is 15.2 Å². The highest BCUT2D eigenvalue weighted by atomic mass is 16.5. The molecule has 0 unspecified atom stereocenters. The summed E-state index contributed by atoms with van der Waals surface area (Å²) in [4.78, 5) is 0. The summed E-state index contributed by atoms with van der Waals surface area (Å²) in [5.41, 5.74) is 5.46. The molecule has 2 aromatic rings. The standard InChI is InChI=1S/C14H17NO3/c1-16-11-2-4-12(5-3-11)17-10-14-7-6-13(18-14)8-9-15/h2-7H,8-10,15H2,1H3. The molecule has 0 spiro atoms. The van der Waals surface area contributed by atoms with Crippen LogP contribution in [0.2, 0.25) is 0 Å². The van der Waals surface area contributed by atoms with Gasteiger partial charge < -0.3 is 19.6 Å². The monoisotopic (exact) mass is 247 g/mol. The van der Waals surface area contributed by atoms with Gasteiger partial charge in [-0.15, -0.1) is 0 Å². The summed E-state index contributed by atoms with van der Waals surface area (Å²) < 4.78 is 16.2. The van der Waals surface area contributed by atoms with Gasteiger partial charge in [0.05, 0.1) is 7.11 Å². The van der Waals surface area contributed by atoms with Crippen molar-refractivity contribution in [2.45, 2.75) is 13.0 Å². The van der Waals surface area contributed by atoms with Crippen molar-refractivity contribution in [1.29, 1.82) is 0 Å². The highest BCUT2D eigenvalue weighted by Crippen LogP contribution is 2.18. The van der Waals surface area contributed by atoms with Crippen LogP contribution in [-0.2, 0) is 13.0 Å². The lowest BCUT2D eigenvalue weighted by Crippen LogP contribution is -2.01. The zero-order valence-electron chi connectivity index (χ0n) is 10.4. The molecular formula is C14H17NO3. The molecule has 18 heavy (non-hydrogen) atoms. The van der Waals surface area contributed by atoms with Gasteiger partial charge in [0.25, 0.3) is 0 Å². The topological polar surface area (TPSA) is 57.6 Å². The molecular weight excluding hydrogens is 230 g/mol. The van der Waals surface area contributed by atoms with E-state index < -0.39 is 0 Å². The van der Waals surface area contributed by atoms with Crippen molar-refractivity contribution in [3.8, 4) is 11.5 Å². The van der Waals surface area contributed by atoms with Crippen molar-refractivity contribution in [2.24, 2.45) is 5.73 Å². The summed E-state index contributed by atoms with van der Waals surface area (Å²) in [5, 5.41) is 0. The van der Waals surface area contributed by atoms with E-state index in [2.05, 4.69) is 0 Å². The summed E-state index contributed by atoms with van der Waals surface area (Å²) in [5.74, 6) is 3.29.